The Morgan fingerprint density at radius 3 is 2.66 bits per heavy atom. The van der Waals surface area contributed by atoms with Crippen LogP contribution in [0.15, 0.2) is 11.3 Å². The van der Waals surface area contributed by atoms with Gasteiger partial charge in [-0.3, -0.25) is 15.1 Å². The normalized spacial score (nSPS) is 11.9. The van der Waals surface area contributed by atoms with Gasteiger partial charge in [-0.2, -0.15) is 22.3 Å². The fraction of sp³-hybridized carbons (Fsp3) is 0.682. The van der Waals surface area contributed by atoms with Gasteiger partial charge in [0.15, 0.2) is 6.19 Å². The van der Waals surface area contributed by atoms with Crippen molar-refractivity contribution in [3.8, 4) is 12.3 Å². The highest BCUT2D eigenvalue weighted by Gasteiger charge is 2.16. The van der Waals surface area contributed by atoms with Gasteiger partial charge in [0.25, 0.3) is 0 Å². The molecular weight excluding hydrogens is 424 g/mol. The molecule has 10 heteroatoms. The van der Waals surface area contributed by atoms with Crippen molar-refractivity contribution in [1.29, 1.82) is 10.5 Å². The third kappa shape index (κ3) is 12.2. The Morgan fingerprint density at radius 1 is 1.22 bits per heavy atom. The first-order valence-corrected chi connectivity index (χ1v) is 12.4. The molecule has 0 radical (unpaired) electrons. The van der Waals surface area contributed by atoms with Crippen molar-refractivity contribution in [2.75, 3.05) is 25.4 Å². The van der Waals surface area contributed by atoms with Gasteiger partial charge in [-0.15, -0.1) is 0 Å². The second-order valence-corrected chi connectivity index (χ2v) is 8.56. The molecule has 0 aliphatic heterocycles. The molecule has 0 bridgehead atoms. The minimum absolute atomic E-state index is 0.236. The van der Waals surface area contributed by atoms with E-state index in [-0.39, 0.29) is 5.91 Å². The number of aryl methyl sites for hydroxylation is 1. The number of nitrogens with one attached hydrogen (secondary N) is 4. The van der Waals surface area contributed by atoms with E-state index in [2.05, 4.69) is 43.9 Å². The fourth-order valence-corrected chi connectivity index (χ4v) is 3.84. The van der Waals surface area contributed by atoms with Crippen LogP contribution in [0.3, 0.4) is 0 Å². The Morgan fingerprint density at radius 2 is 1.97 bits per heavy atom. The maximum atomic E-state index is 12.2. The number of H-pyrrole nitrogens is 1. The zero-order chi connectivity index (χ0) is 23.4. The molecule has 0 aliphatic rings. The predicted octanol–water partition coefficient (Wildman–Crippen LogP) is 2.97. The summed E-state index contributed by atoms with van der Waals surface area (Å²) in [6, 6.07) is 2.11. The van der Waals surface area contributed by atoms with Crippen molar-refractivity contribution in [2.24, 2.45) is 10.9 Å². The van der Waals surface area contributed by atoms with Gasteiger partial charge in [0.1, 0.15) is 5.92 Å². The second kappa shape index (κ2) is 17.9. The summed E-state index contributed by atoms with van der Waals surface area (Å²) in [5.74, 6) is 1.14. The van der Waals surface area contributed by atoms with Crippen LogP contribution >= 0.6 is 11.8 Å². The maximum Gasteiger partial charge on any atom is 0.237 e. The lowest BCUT2D eigenvalue weighted by Crippen LogP contribution is -2.41. The monoisotopic (exact) mass is 460 g/mol. The number of carbonyl (C=O) groups is 1. The summed E-state index contributed by atoms with van der Waals surface area (Å²) in [7, 11) is 0. The number of amides is 1. The summed E-state index contributed by atoms with van der Waals surface area (Å²) in [5, 5.41) is 26.5. The molecule has 1 unspecified atom stereocenters. The minimum atomic E-state index is -0.610. The molecule has 0 aliphatic carbocycles. The number of nitriles is 2. The number of imidazole rings is 1. The van der Waals surface area contributed by atoms with Crippen molar-refractivity contribution >= 4 is 23.6 Å². The van der Waals surface area contributed by atoms with E-state index in [0.29, 0.717) is 32.0 Å². The molecule has 1 amide bonds. The third-order valence-corrected chi connectivity index (χ3v) is 5.84. The molecular formula is C22H36N8OS. The molecule has 0 saturated carbocycles. The first-order valence-electron chi connectivity index (χ1n) is 11.3. The van der Waals surface area contributed by atoms with Gasteiger partial charge in [0.2, 0.25) is 11.9 Å². The Labute approximate surface area is 195 Å². The number of thioether (sulfide) groups is 1. The molecule has 0 saturated heterocycles. The number of carbonyl (C=O) groups excluding carboxylic acids is 1. The van der Waals surface area contributed by atoms with Crippen molar-refractivity contribution in [3.63, 3.8) is 0 Å². The summed E-state index contributed by atoms with van der Waals surface area (Å²) in [4.78, 5) is 23.9. The van der Waals surface area contributed by atoms with E-state index in [9.17, 15) is 10.1 Å². The molecule has 1 rings (SSSR count). The number of unbranched alkanes of at least 4 members (excludes halogenated alkanes) is 5. The van der Waals surface area contributed by atoms with Crippen molar-refractivity contribution in [3.05, 3.63) is 17.7 Å². The first kappa shape index (κ1) is 27.3. The van der Waals surface area contributed by atoms with Crippen LogP contribution in [0.2, 0.25) is 0 Å². The van der Waals surface area contributed by atoms with Crippen LogP contribution < -0.4 is 16.0 Å². The highest BCUT2D eigenvalue weighted by Crippen LogP contribution is 2.13. The van der Waals surface area contributed by atoms with Crippen LogP contribution in [0.1, 0.15) is 63.3 Å². The fourth-order valence-electron chi connectivity index (χ4n) is 2.99. The van der Waals surface area contributed by atoms with Crippen molar-refractivity contribution < 1.29 is 4.79 Å². The van der Waals surface area contributed by atoms with E-state index in [0.717, 1.165) is 42.2 Å². The van der Waals surface area contributed by atoms with Gasteiger partial charge in [-0.1, -0.05) is 45.4 Å². The largest absolute Gasteiger partial charge is 0.354 e. The van der Waals surface area contributed by atoms with E-state index >= 15 is 0 Å². The van der Waals surface area contributed by atoms with Crippen LogP contribution in [-0.2, 0) is 10.5 Å². The van der Waals surface area contributed by atoms with Crippen molar-refractivity contribution in [1.82, 2.24) is 25.9 Å². The molecule has 1 heterocycles. The van der Waals surface area contributed by atoms with Gasteiger partial charge in [0.05, 0.1) is 24.6 Å². The molecule has 0 fully saturated rings. The summed E-state index contributed by atoms with van der Waals surface area (Å²) in [6.07, 6.45) is 10.9. The third-order valence-electron chi connectivity index (χ3n) is 4.89. The number of aromatic amines is 1. The Balaban J connectivity index is 2.22. The Bertz CT molecular complexity index is 765. The Hall–Kier alpha value is -2.72. The molecule has 4 N–H and O–H groups in total. The topological polar surface area (TPSA) is 142 Å². The van der Waals surface area contributed by atoms with Gasteiger partial charge in [-0.05, 0) is 13.3 Å². The van der Waals surface area contributed by atoms with Crippen molar-refractivity contribution in [2.45, 2.75) is 64.5 Å². The number of aliphatic imine (C=N–C) groups is 1. The number of guanidine groups is 1. The van der Waals surface area contributed by atoms with Crippen LogP contribution in [0.5, 0.6) is 0 Å². The smallest absolute Gasteiger partial charge is 0.237 e. The molecule has 0 spiro atoms. The molecule has 176 valence electrons. The molecule has 0 aromatic carbocycles. The standard InChI is InChI=1S/C22H36N8OS/c1-3-4-5-6-7-8-9-19(14-23)21(31)25-10-11-26-22(28-16-24)27-12-13-32-15-20-18(2)29-17-30-20/h17,19H,3-13,15H2,1-2H3,(H,25,31)(H,29,30)(H2,26,27,28). The van der Waals surface area contributed by atoms with Gasteiger partial charge in [-0.25, -0.2) is 4.98 Å². The van der Waals surface area contributed by atoms with Gasteiger partial charge >= 0.3 is 0 Å². The molecule has 9 nitrogen and oxygen atoms in total. The molecule has 1 aromatic heterocycles. The number of aromatic nitrogens is 2. The van der Waals surface area contributed by atoms with E-state index < -0.39 is 5.92 Å². The van der Waals surface area contributed by atoms with Crippen LogP contribution in [0, 0.1) is 35.6 Å². The lowest BCUT2D eigenvalue weighted by molar-refractivity contribution is -0.123. The Kier molecular flexibility index (Phi) is 15.3. The van der Waals surface area contributed by atoms with E-state index in [1.165, 1.54) is 19.3 Å². The zero-order valence-electron chi connectivity index (χ0n) is 19.2. The van der Waals surface area contributed by atoms with Crippen LogP contribution in [-0.4, -0.2) is 47.2 Å². The van der Waals surface area contributed by atoms with E-state index in [1.54, 1.807) is 18.1 Å². The SMILES string of the molecule is CCCCCCCCC(C#N)C(=O)NCCNC(=NCCSCc1nc[nH]c1C)NC#N. The summed E-state index contributed by atoms with van der Waals surface area (Å²) < 4.78 is 0. The van der Waals surface area contributed by atoms with Crippen LogP contribution in [0.4, 0.5) is 0 Å². The lowest BCUT2D eigenvalue weighted by Gasteiger charge is -2.12. The number of hydrogen-bond donors (Lipinski definition) is 4. The van der Waals surface area contributed by atoms with Gasteiger partial charge < -0.3 is 15.6 Å². The molecule has 1 aromatic rings. The second-order valence-electron chi connectivity index (χ2n) is 7.45. The average Bonchev–Trinajstić information content (AvgIpc) is 3.20. The predicted molar refractivity (Wildman–Crippen MR) is 129 cm³/mol. The maximum absolute atomic E-state index is 12.2. The summed E-state index contributed by atoms with van der Waals surface area (Å²) in [6.45, 7) is 5.49. The number of rotatable bonds is 16. The minimum Gasteiger partial charge on any atom is -0.354 e. The lowest BCUT2D eigenvalue weighted by atomic mass is 10.0. The zero-order valence-corrected chi connectivity index (χ0v) is 20.1. The number of nitrogens with zero attached hydrogens (tertiary/aromatic N) is 4. The highest BCUT2D eigenvalue weighted by atomic mass is 32.2. The summed E-state index contributed by atoms with van der Waals surface area (Å²) >= 11 is 1.72. The quantitative estimate of drug-likeness (QED) is 0.0976. The van der Waals surface area contributed by atoms with E-state index in [4.69, 9.17) is 5.26 Å². The van der Waals surface area contributed by atoms with Crippen LogP contribution in [0.25, 0.3) is 0 Å². The molecule has 1 atom stereocenters. The summed E-state index contributed by atoms with van der Waals surface area (Å²) in [5.41, 5.74) is 2.11. The first-order chi connectivity index (χ1) is 15.6. The van der Waals surface area contributed by atoms with E-state index in [1.807, 2.05) is 13.1 Å². The average molecular weight is 461 g/mol. The number of hydrogen-bond acceptors (Lipinski definition) is 6. The molecule has 32 heavy (non-hydrogen) atoms. The van der Waals surface area contributed by atoms with Gasteiger partial charge in [0, 0.05) is 30.3 Å². The highest BCUT2D eigenvalue weighted by molar-refractivity contribution is 7.98.